The number of amides is 2. The number of carbonyl (C=O) groups is 1. The molecule has 0 saturated carbocycles. The van der Waals surface area contributed by atoms with E-state index in [0.29, 0.717) is 18.9 Å². The van der Waals surface area contributed by atoms with Crippen LogP contribution in [0.1, 0.15) is 0 Å². The standard InChI is InChI=1S/C18H18N6OS/c25-17(22-16-6-7-19-13-20-16)23-8-10-24(11-9-23)18-21-15(12-26-18)14-4-2-1-3-5-14/h1-7,12-13H,8-11H2,(H,19,20,22,25). The van der Waals surface area contributed by atoms with Gasteiger partial charge in [0.25, 0.3) is 0 Å². The quantitative estimate of drug-likeness (QED) is 0.771. The van der Waals surface area contributed by atoms with Crippen molar-refractivity contribution in [2.24, 2.45) is 0 Å². The molecule has 2 aromatic heterocycles. The van der Waals surface area contributed by atoms with E-state index in [-0.39, 0.29) is 6.03 Å². The van der Waals surface area contributed by atoms with Gasteiger partial charge < -0.3 is 9.80 Å². The average molecular weight is 366 g/mol. The Morgan fingerprint density at radius 3 is 2.62 bits per heavy atom. The molecule has 8 heteroatoms. The number of hydrogen-bond acceptors (Lipinski definition) is 6. The lowest BCUT2D eigenvalue weighted by Crippen LogP contribution is -2.50. The van der Waals surface area contributed by atoms with Crippen molar-refractivity contribution in [2.45, 2.75) is 0 Å². The molecular formula is C18H18N6OS. The second-order valence-electron chi connectivity index (χ2n) is 5.88. The van der Waals surface area contributed by atoms with Gasteiger partial charge in [0.15, 0.2) is 5.13 Å². The molecule has 4 rings (SSSR count). The summed E-state index contributed by atoms with van der Waals surface area (Å²) < 4.78 is 0. The number of urea groups is 1. The fourth-order valence-electron chi connectivity index (χ4n) is 2.81. The van der Waals surface area contributed by atoms with Crippen molar-refractivity contribution in [3.05, 3.63) is 54.3 Å². The molecule has 7 nitrogen and oxygen atoms in total. The zero-order chi connectivity index (χ0) is 17.8. The van der Waals surface area contributed by atoms with Crippen LogP contribution in [-0.2, 0) is 0 Å². The number of anilines is 2. The first-order valence-corrected chi connectivity index (χ1v) is 9.25. The number of hydrogen-bond donors (Lipinski definition) is 1. The highest BCUT2D eigenvalue weighted by molar-refractivity contribution is 7.14. The van der Waals surface area contributed by atoms with Gasteiger partial charge in [0.2, 0.25) is 0 Å². The predicted molar refractivity (Wildman–Crippen MR) is 102 cm³/mol. The summed E-state index contributed by atoms with van der Waals surface area (Å²) in [5.41, 5.74) is 2.12. The number of benzene rings is 1. The Hall–Kier alpha value is -3.00. The van der Waals surface area contributed by atoms with E-state index in [0.717, 1.165) is 29.5 Å². The van der Waals surface area contributed by atoms with Gasteiger partial charge >= 0.3 is 6.03 Å². The minimum absolute atomic E-state index is 0.132. The van der Waals surface area contributed by atoms with Gasteiger partial charge in [-0.15, -0.1) is 11.3 Å². The average Bonchev–Trinajstić information content (AvgIpc) is 3.20. The number of nitrogens with zero attached hydrogens (tertiary/aromatic N) is 5. The van der Waals surface area contributed by atoms with Crippen LogP contribution in [0.4, 0.5) is 15.7 Å². The van der Waals surface area contributed by atoms with Crippen molar-refractivity contribution in [1.82, 2.24) is 19.9 Å². The molecular weight excluding hydrogens is 348 g/mol. The third-order valence-electron chi connectivity index (χ3n) is 4.22. The third kappa shape index (κ3) is 3.65. The van der Waals surface area contributed by atoms with Gasteiger partial charge in [0.05, 0.1) is 5.69 Å². The lowest BCUT2D eigenvalue weighted by atomic mass is 10.2. The molecule has 132 valence electrons. The van der Waals surface area contributed by atoms with Gasteiger partial charge in [-0.25, -0.2) is 19.7 Å². The van der Waals surface area contributed by atoms with Crippen LogP contribution in [0.2, 0.25) is 0 Å². The first-order chi connectivity index (χ1) is 12.8. The Balaban J connectivity index is 1.35. The SMILES string of the molecule is O=C(Nc1ccncn1)N1CCN(c2nc(-c3ccccc3)cs2)CC1. The molecule has 1 saturated heterocycles. The second kappa shape index (κ2) is 7.49. The number of carbonyl (C=O) groups excluding carboxylic acids is 1. The Labute approximate surface area is 155 Å². The van der Waals surface area contributed by atoms with Crippen LogP contribution >= 0.6 is 11.3 Å². The van der Waals surface area contributed by atoms with E-state index >= 15 is 0 Å². The highest BCUT2D eigenvalue weighted by Crippen LogP contribution is 2.28. The molecule has 1 aliphatic rings. The zero-order valence-corrected chi connectivity index (χ0v) is 14.9. The largest absolute Gasteiger partial charge is 0.345 e. The zero-order valence-electron chi connectivity index (χ0n) is 14.1. The van der Waals surface area contributed by atoms with E-state index in [1.54, 1.807) is 28.5 Å². The Morgan fingerprint density at radius 1 is 1.08 bits per heavy atom. The smallest absolute Gasteiger partial charge is 0.323 e. The molecule has 0 spiro atoms. The van der Waals surface area contributed by atoms with Crippen LogP contribution in [0.15, 0.2) is 54.3 Å². The molecule has 1 N–H and O–H groups in total. The van der Waals surface area contributed by atoms with Crippen LogP contribution < -0.4 is 10.2 Å². The molecule has 0 bridgehead atoms. The number of thiazole rings is 1. The first-order valence-electron chi connectivity index (χ1n) is 8.37. The summed E-state index contributed by atoms with van der Waals surface area (Å²) in [6, 6.07) is 11.7. The number of piperazine rings is 1. The van der Waals surface area contributed by atoms with E-state index < -0.39 is 0 Å². The lowest BCUT2D eigenvalue weighted by molar-refractivity contribution is 0.208. The predicted octanol–water partition coefficient (Wildman–Crippen LogP) is 2.95. The van der Waals surface area contributed by atoms with Crippen molar-refractivity contribution in [3.63, 3.8) is 0 Å². The van der Waals surface area contributed by atoms with E-state index in [1.807, 2.05) is 18.2 Å². The molecule has 3 heterocycles. The van der Waals surface area contributed by atoms with Gasteiger partial charge in [-0.2, -0.15) is 0 Å². The Bertz CT molecular complexity index is 862. The number of aromatic nitrogens is 3. The minimum atomic E-state index is -0.132. The van der Waals surface area contributed by atoms with Crippen LogP contribution in [0.3, 0.4) is 0 Å². The number of nitrogens with one attached hydrogen (secondary N) is 1. The third-order valence-corrected chi connectivity index (χ3v) is 5.12. The summed E-state index contributed by atoms with van der Waals surface area (Å²) in [5.74, 6) is 0.514. The molecule has 3 aromatic rings. The maximum Gasteiger partial charge on any atom is 0.323 e. The molecule has 0 unspecified atom stereocenters. The summed E-state index contributed by atoms with van der Waals surface area (Å²) >= 11 is 1.64. The van der Waals surface area contributed by atoms with Crippen LogP contribution in [0.5, 0.6) is 0 Å². The highest BCUT2D eigenvalue weighted by atomic mass is 32.1. The van der Waals surface area contributed by atoms with Crippen LogP contribution in [-0.4, -0.2) is 52.1 Å². The van der Waals surface area contributed by atoms with E-state index in [2.05, 4.69) is 37.7 Å². The van der Waals surface area contributed by atoms with Crippen molar-refractivity contribution in [1.29, 1.82) is 0 Å². The topological polar surface area (TPSA) is 74.2 Å². The highest BCUT2D eigenvalue weighted by Gasteiger charge is 2.23. The molecule has 2 amide bonds. The molecule has 0 atom stereocenters. The Kier molecular flexibility index (Phi) is 4.74. The number of rotatable bonds is 3. The molecule has 0 aliphatic carbocycles. The fourth-order valence-corrected chi connectivity index (χ4v) is 3.69. The first kappa shape index (κ1) is 16.5. The van der Waals surface area contributed by atoms with Crippen LogP contribution in [0.25, 0.3) is 11.3 Å². The Morgan fingerprint density at radius 2 is 1.88 bits per heavy atom. The summed E-state index contributed by atoms with van der Waals surface area (Å²) in [4.78, 5) is 29.0. The maximum absolute atomic E-state index is 12.3. The van der Waals surface area contributed by atoms with Crippen molar-refractivity contribution in [2.75, 3.05) is 36.4 Å². The fraction of sp³-hybridized carbons (Fsp3) is 0.222. The molecule has 26 heavy (non-hydrogen) atoms. The summed E-state index contributed by atoms with van der Waals surface area (Å²) in [6.07, 6.45) is 3.02. The monoisotopic (exact) mass is 366 g/mol. The van der Waals surface area contributed by atoms with E-state index in [4.69, 9.17) is 4.98 Å². The molecule has 1 aromatic carbocycles. The van der Waals surface area contributed by atoms with Crippen molar-refractivity contribution >= 4 is 28.3 Å². The second-order valence-corrected chi connectivity index (χ2v) is 6.72. The van der Waals surface area contributed by atoms with E-state index in [9.17, 15) is 4.79 Å². The summed E-state index contributed by atoms with van der Waals surface area (Å²) in [5, 5.41) is 5.88. The van der Waals surface area contributed by atoms with Gasteiger partial charge in [0.1, 0.15) is 12.1 Å². The van der Waals surface area contributed by atoms with Crippen molar-refractivity contribution in [3.8, 4) is 11.3 Å². The lowest BCUT2D eigenvalue weighted by Gasteiger charge is -2.34. The maximum atomic E-state index is 12.3. The molecule has 1 aliphatic heterocycles. The molecule has 1 fully saturated rings. The van der Waals surface area contributed by atoms with Gasteiger partial charge in [0, 0.05) is 43.3 Å². The normalized spacial score (nSPS) is 14.3. The summed E-state index contributed by atoms with van der Waals surface area (Å²) in [7, 11) is 0. The van der Waals surface area contributed by atoms with Crippen LogP contribution in [0, 0.1) is 0 Å². The van der Waals surface area contributed by atoms with Crippen molar-refractivity contribution < 1.29 is 4.79 Å². The minimum Gasteiger partial charge on any atom is -0.345 e. The van der Waals surface area contributed by atoms with Gasteiger partial charge in [-0.05, 0) is 6.07 Å². The van der Waals surface area contributed by atoms with E-state index in [1.165, 1.54) is 6.33 Å². The van der Waals surface area contributed by atoms with Gasteiger partial charge in [-0.3, -0.25) is 5.32 Å². The van der Waals surface area contributed by atoms with Gasteiger partial charge in [-0.1, -0.05) is 30.3 Å². The summed E-state index contributed by atoms with van der Waals surface area (Å²) in [6.45, 7) is 2.83. The molecule has 0 radical (unpaired) electrons.